The van der Waals surface area contributed by atoms with E-state index in [0.29, 0.717) is 0 Å². The molecule has 0 radical (unpaired) electrons. The Morgan fingerprint density at radius 2 is 2.05 bits per heavy atom. The Kier molecular flexibility index (Phi) is 3.57. The molecule has 0 spiro atoms. The maximum absolute atomic E-state index is 12.9. The Labute approximate surface area is 129 Å². The van der Waals surface area contributed by atoms with Crippen molar-refractivity contribution in [3.8, 4) is 5.75 Å². The van der Waals surface area contributed by atoms with Crippen LogP contribution in [0.15, 0.2) is 35.1 Å². The molecule has 2 heterocycles. The van der Waals surface area contributed by atoms with Crippen LogP contribution in [0.25, 0.3) is 0 Å². The van der Waals surface area contributed by atoms with Crippen LogP contribution in [-0.4, -0.2) is 38.5 Å². The molecule has 1 saturated heterocycles. The van der Waals surface area contributed by atoms with E-state index in [0.717, 1.165) is 16.7 Å². The van der Waals surface area contributed by atoms with Gasteiger partial charge in [0.25, 0.3) is 0 Å². The number of aliphatic hydroxyl groups is 1. The van der Waals surface area contributed by atoms with Gasteiger partial charge in [0.2, 0.25) is 5.91 Å². The molecule has 0 saturated carbocycles. The molecule has 2 aliphatic rings. The maximum Gasteiger partial charge on any atom is 0.357 e. The first-order valence-electron chi connectivity index (χ1n) is 6.49. The first-order chi connectivity index (χ1) is 10.4. The van der Waals surface area contributed by atoms with E-state index >= 15 is 0 Å². The summed E-state index contributed by atoms with van der Waals surface area (Å²) in [5.74, 6) is -2.56. The second-order valence-corrected chi connectivity index (χ2v) is 6.07. The number of ether oxygens (including phenoxy) is 1. The van der Waals surface area contributed by atoms with E-state index in [1.54, 1.807) is 0 Å². The molecular formula is C14H12FNO5S. The van der Waals surface area contributed by atoms with Crippen LogP contribution >= 0.6 is 11.8 Å². The van der Waals surface area contributed by atoms with Gasteiger partial charge in [0.1, 0.15) is 16.9 Å². The molecule has 1 fully saturated rings. The normalized spacial score (nSPS) is 24.9. The van der Waals surface area contributed by atoms with E-state index in [1.165, 1.54) is 31.2 Å². The van der Waals surface area contributed by atoms with Crippen molar-refractivity contribution < 1.29 is 28.9 Å². The minimum Gasteiger partial charge on any atom is -0.476 e. The molecule has 2 N–H and O–H groups in total. The Hall–Kier alpha value is -2.06. The number of hydrogen-bond acceptors (Lipinski definition) is 5. The third kappa shape index (κ3) is 2.24. The molecule has 3 atom stereocenters. The van der Waals surface area contributed by atoms with Gasteiger partial charge >= 0.3 is 5.97 Å². The number of carboxylic acids is 1. The fourth-order valence-electron chi connectivity index (χ4n) is 2.43. The van der Waals surface area contributed by atoms with Crippen LogP contribution in [0.4, 0.5) is 4.39 Å². The van der Waals surface area contributed by atoms with E-state index < -0.39 is 35.1 Å². The molecule has 6 nitrogen and oxygen atoms in total. The van der Waals surface area contributed by atoms with Crippen molar-refractivity contribution in [2.45, 2.75) is 18.4 Å². The van der Waals surface area contributed by atoms with Crippen LogP contribution in [0.3, 0.4) is 0 Å². The zero-order chi connectivity index (χ0) is 16.0. The summed E-state index contributed by atoms with van der Waals surface area (Å²) in [5.41, 5.74) is -0.249. The molecule has 116 valence electrons. The van der Waals surface area contributed by atoms with Crippen molar-refractivity contribution in [3.63, 3.8) is 0 Å². The number of aliphatic hydroxyl groups excluding tert-OH is 1. The van der Waals surface area contributed by atoms with Crippen LogP contribution < -0.4 is 4.74 Å². The number of carbonyl (C=O) groups excluding carboxylic acids is 1. The third-order valence-electron chi connectivity index (χ3n) is 3.49. The number of β-lactam (4-membered cyclic amide) rings is 1. The summed E-state index contributed by atoms with van der Waals surface area (Å²) in [5, 5.41) is 18.5. The van der Waals surface area contributed by atoms with E-state index in [9.17, 15) is 24.2 Å². The van der Waals surface area contributed by atoms with Crippen LogP contribution in [-0.2, 0) is 9.59 Å². The summed E-state index contributed by atoms with van der Waals surface area (Å²) in [6.07, 6.45) is -0.874. The lowest BCUT2D eigenvalue weighted by molar-refractivity contribution is -0.156. The molecule has 0 aromatic heterocycles. The molecule has 0 unspecified atom stereocenters. The largest absolute Gasteiger partial charge is 0.476 e. The Morgan fingerprint density at radius 1 is 1.41 bits per heavy atom. The number of aliphatic carboxylic acids is 1. The monoisotopic (exact) mass is 325 g/mol. The molecular weight excluding hydrogens is 313 g/mol. The average Bonchev–Trinajstić information content (AvgIpc) is 2.75. The summed E-state index contributed by atoms with van der Waals surface area (Å²) in [6.45, 7) is 1.49. The second kappa shape index (κ2) is 5.29. The van der Waals surface area contributed by atoms with Gasteiger partial charge in [0.15, 0.2) is 10.8 Å². The number of carboxylic acid groups (broad SMARTS) is 1. The van der Waals surface area contributed by atoms with E-state index in [2.05, 4.69) is 0 Å². The van der Waals surface area contributed by atoms with Gasteiger partial charge in [-0.2, -0.15) is 0 Å². The first-order valence-corrected chi connectivity index (χ1v) is 7.37. The zero-order valence-corrected chi connectivity index (χ0v) is 12.2. The van der Waals surface area contributed by atoms with Crippen molar-refractivity contribution in [2.75, 3.05) is 0 Å². The number of amides is 1. The fraction of sp³-hybridized carbons (Fsp3) is 0.286. The summed E-state index contributed by atoms with van der Waals surface area (Å²) < 4.78 is 18.4. The van der Waals surface area contributed by atoms with Crippen molar-refractivity contribution in [1.82, 2.24) is 4.90 Å². The van der Waals surface area contributed by atoms with Crippen LogP contribution in [0.1, 0.15) is 6.92 Å². The highest BCUT2D eigenvalue weighted by Crippen LogP contribution is 2.50. The number of rotatable bonds is 4. The van der Waals surface area contributed by atoms with Gasteiger partial charge in [0.05, 0.1) is 12.0 Å². The summed E-state index contributed by atoms with van der Waals surface area (Å²) in [6, 6.07) is 5.11. The summed E-state index contributed by atoms with van der Waals surface area (Å²) in [4.78, 5) is 24.5. The SMILES string of the molecule is C[C@@H](O)[C@H]1C(=O)N2C(C(=O)O)=C(Oc3ccc(F)cc3)S[C@H]12. The molecule has 0 aliphatic carbocycles. The smallest absolute Gasteiger partial charge is 0.357 e. The number of nitrogens with zero attached hydrogens (tertiary/aromatic N) is 1. The van der Waals surface area contributed by atoms with Crippen molar-refractivity contribution in [2.24, 2.45) is 5.92 Å². The van der Waals surface area contributed by atoms with Gasteiger partial charge in [-0.15, -0.1) is 0 Å². The minimum absolute atomic E-state index is 0.0561. The van der Waals surface area contributed by atoms with Crippen LogP contribution in [0, 0.1) is 11.7 Å². The minimum atomic E-state index is -1.29. The number of hydrogen-bond donors (Lipinski definition) is 2. The number of fused-ring (bicyclic) bond motifs is 1. The fourth-order valence-corrected chi connectivity index (χ4v) is 3.90. The maximum atomic E-state index is 12.9. The van der Waals surface area contributed by atoms with Crippen molar-refractivity contribution in [3.05, 3.63) is 40.9 Å². The first kappa shape index (κ1) is 14.9. The van der Waals surface area contributed by atoms with E-state index in [4.69, 9.17) is 4.74 Å². The number of halogens is 1. The highest BCUT2D eigenvalue weighted by Gasteiger charge is 2.58. The number of carbonyl (C=O) groups is 2. The predicted octanol–water partition coefficient (Wildman–Crippen LogP) is 1.37. The van der Waals surface area contributed by atoms with Gasteiger partial charge in [-0.1, -0.05) is 11.8 Å². The zero-order valence-electron chi connectivity index (χ0n) is 11.4. The van der Waals surface area contributed by atoms with Gasteiger partial charge in [-0.05, 0) is 31.2 Å². The highest BCUT2D eigenvalue weighted by atomic mass is 32.2. The Morgan fingerprint density at radius 3 is 2.59 bits per heavy atom. The Bertz CT molecular complexity index is 672. The van der Waals surface area contributed by atoms with Crippen molar-refractivity contribution >= 4 is 23.6 Å². The van der Waals surface area contributed by atoms with E-state index in [1.807, 2.05) is 0 Å². The Balaban J connectivity index is 1.88. The number of thioether (sulfide) groups is 1. The second-order valence-electron chi connectivity index (χ2n) is 4.98. The van der Waals surface area contributed by atoms with Crippen LogP contribution in [0.5, 0.6) is 5.75 Å². The lowest BCUT2D eigenvalue weighted by Crippen LogP contribution is -2.60. The lowest BCUT2D eigenvalue weighted by atomic mass is 9.92. The third-order valence-corrected chi connectivity index (χ3v) is 4.73. The molecule has 2 aliphatic heterocycles. The van der Waals surface area contributed by atoms with Gasteiger partial charge in [-0.3, -0.25) is 9.69 Å². The van der Waals surface area contributed by atoms with Crippen molar-refractivity contribution in [1.29, 1.82) is 0 Å². The van der Waals surface area contributed by atoms with Gasteiger partial charge in [-0.25, -0.2) is 9.18 Å². The molecule has 1 aromatic rings. The molecule has 22 heavy (non-hydrogen) atoms. The quantitative estimate of drug-likeness (QED) is 0.813. The average molecular weight is 325 g/mol. The van der Waals surface area contributed by atoms with E-state index in [-0.39, 0.29) is 16.5 Å². The summed E-state index contributed by atoms with van der Waals surface area (Å²) in [7, 11) is 0. The standard InChI is InChI=1S/C14H12FNO5S/c1-6(17)9-11(18)16-10(13(19)20)14(22-12(9)16)21-8-4-2-7(15)3-5-8/h2-6,9,12,17H,1H3,(H,19,20)/t6-,9+,12-/m1/s1. The predicted molar refractivity (Wildman–Crippen MR) is 75.1 cm³/mol. The topological polar surface area (TPSA) is 87.1 Å². The lowest BCUT2D eigenvalue weighted by Gasteiger charge is -2.43. The molecule has 0 bridgehead atoms. The molecule has 8 heteroatoms. The molecule has 1 aromatic carbocycles. The van der Waals surface area contributed by atoms with Gasteiger partial charge in [0, 0.05) is 0 Å². The molecule has 1 amide bonds. The number of benzene rings is 1. The highest BCUT2D eigenvalue weighted by molar-refractivity contribution is 8.03. The van der Waals surface area contributed by atoms with Crippen LogP contribution in [0.2, 0.25) is 0 Å². The van der Waals surface area contributed by atoms with Gasteiger partial charge < -0.3 is 14.9 Å². The summed E-state index contributed by atoms with van der Waals surface area (Å²) >= 11 is 1.06. The molecule has 3 rings (SSSR count).